The van der Waals surface area contributed by atoms with Crippen molar-refractivity contribution in [3.8, 4) is 0 Å². The lowest BCUT2D eigenvalue weighted by Crippen LogP contribution is -2.69. The molecule has 12 rings (SSSR count). The first-order chi connectivity index (χ1) is 45.6. The Kier molecular flexibility index (Phi) is 22.7. The van der Waals surface area contributed by atoms with Crippen molar-refractivity contribution >= 4 is 0 Å². The van der Waals surface area contributed by atoms with Gasteiger partial charge >= 0.3 is 0 Å². The molecule has 0 aromatic heterocycles. The number of hydrogen-bond donors (Lipinski definition) is 19. The summed E-state index contributed by atoms with van der Waals surface area (Å²) in [5, 5.41) is 212. The van der Waals surface area contributed by atoms with Crippen LogP contribution in [-0.2, 0) is 66.3 Å². The molecule has 0 aromatic rings. The molecule has 43 atom stereocenters. The summed E-state index contributed by atoms with van der Waals surface area (Å²) in [5.41, 5.74) is -0.252. The monoisotopic (exact) mass is 1390 g/mol. The van der Waals surface area contributed by atoms with E-state index < -0.39 is 235 Å². The standard InChI is InChI=1S/C63H104O33/c1-21-8-13-63(83-20-21)22(2)33-51(96-63)39(73)34-26-7-6-24-14-25(9-11-61(24,4)27(26)10-12-62(33,34)5)85-56-46(80)42(76)50(32(19-68)89-56)92-60-54(95-59-48(82)52(37(71)29(16-65)87-59)93-57-45(79)41(75)36(70)28(15-64)86-57)53(38(72)30(17-66)88-60)94-58-47(81)43(77)49(31(18-67)90-58)91-55-44(78)40(74)35(69)23(3)84-55/h21-60,64-82H,6-20H2,1-5H3/t21-,22+,23-,24+,25-,26-,27+,28-,29-,30-,31-,32-,33+,34-,35-,36-,37-,38-,39-,40+,41+,42-,43-,44-,45-,46-,47-,48-,49-,50-,51-,52+,53+,54-,55+,56-,57+,58+,59+,60+,61-,62-,63-/m0/s1. The number of hydrogen-bond acceptors (Lipinski definition) is 33. The summed E-state index contributed by atoms with van der Waals surface area (Å²) in [4.78, 5) is 0. The quantitative estimate of drug-likeness (QED) is 0.0602. The number of fused-ring (bicyclic) bond motifs is 7. The van der Waals surface area contributed by atoms with Crippen LogP contribution < -0.4 is 0 Å². The van der Waals surface area contributed by atoms with Gasteiger partial charge < -0.3 is 163 Å². The molecular weight excluding hydrogens is 1280 g/mol. The third kappa shape index (κ3) is 13.0. The highest BCUT2D eigenvalue weighted by atomic mass is 16.8. The topological polar surface area (TPSA) is 514 Å². The molecule has 0 radical (unpaired) electrons. The minimum Gasteiger partial charge on any atom is -0.394 e. The van der Waals surface area contributed by atoms with Gasteiger partial charge in [-0.1, -0.05) is 27.7 Å². The molecule has 4 aliphatic carbocycles. The molecule has 12 fully saturated rings. The fourth-order valence-electron chi connectivity index (χ4n) is 19.1. The average Bonchev–Trinajstić information content (AvgIpc) is 1.51. The lowest BCUT2D eigenvalue weighted by Gasteiger charge is -2.61. The van der Waals surface area contributed by atoms with Gasteiger partial charge in [0, 0.05) is 18.3 Å². The Bertz CT molecular complexity index is 2540. The van der Waals surface area contributed by atoms with E-state index in [-0.39, 0.29) is 46.5 Å². The highest BCUT2D eigenvalue weighted by Crippen LogP contribution is 2.71. The van der Waals surface area contributed by atoms with Gasteiger partial charge in [-0.3, -0.25) is 0 Å². The van der Waals surface area contributed by atoms with Crippen LogP contribution in [0.4, 0.5) is 0 Å². The van der Waals surface area contributed by atoms with Gasteiger partial charge in [0.15, 0.2) is 43.5 Å². The molecule has 33 nitrogen and oxygen atoms in total. The van der Waals surface area contributed by atoms with Gasteiger partial charge in [0.2, 0.25) is 0 Å². The molecule has 554 valence electrons. The van der Waals surface area contributed by atoms with Gasteiger partial charge in [0.25, 0.3) is 0 Å². The predicted octanol–water partition coefficient (Wildman–Crippen LogP) is -7.26. The van der Waals surface area contributed by atoms with Crippen molar-refractivity contribution in [1.82, 2.24) is 0 Å². The smallest absolute Gasteiger partial charge is 0.187 e. The Morgan fingerprint density at radius 3 is 1.43 bits per heavy atom. The van der Waals surface area contributed by atoms with Crippen molar-refractivity contribution < 1.29 is 163 Å². The summed E-state index contributed by atoms with van der Waals surface area (Å²) < 4.78 is 85.4. The van der Waals surface area contributed by atoms with E-state index >= 15 is 0 Å². The lowest BCUT2D eigenvalue weighted by atomic mass is 9.44. The molecule has 19 N–H and O–H groups in total. The zero-order valence-electron chi connectivity index (χ0n) is 54.4. The number of rotatable bonds is 17. The first kappa shape index (κ1) is 74.4. The fraction of sp³-hybridized carbons (Fsp3) is 1.00. The number of ether oxygens (including phenoxy) is 14. The Labute approximate surface area is 554 Å². The van der Waals surface area contributed by atoms with Gasteiger partial charge in [-0.2, -0.15) is 0 Å². The molecular formula is C63H104O33. The highest BCUT2D eigenvalue weighted by molar-refractivity contribution is 5.19. The Morgan fingerprint density at radius 2 is 0.844 bits per heavy atom. The van der Waals surface area contributed by atoms with Gasteiger partial charge in [0.1, 0.15) is 140 Å². The van der Waals surface area contributed by atoms with Gasteiger partial charge in [0.05, 0.1) is 64.1 Å². The van der Waals surface area contributed by atoms with E-state index in [1.807, 2.05) is 0 Å². The first-order valence-corrected chi connectivity index (χ1v) is 34.3. The molecule has 33 heteroatoms. The van der Waals surface area contributed by atoms with Gasteiger partial charge in [-0.25, -0.2) is 0 Å². The molecule has 96 heavy (non-hydrogen) atoms. The van der Waals surface area contributed by atoms with E-state index in [1.165, 1.54) is 6.92 Å². The third-order valence-electron chi connectivity index (χ3n) is 24.6. The van der Waals surface area contributed by atoms with Crippen LogP contribution in [0.25, 0.3) is 0 Å². The van der Waals surface area contributed by atoms with Crippen molar-refractivity contribution in [1.29, 1.82) is 0 Å². The van der Waals surface area contributed by atoms with Crippen LogP contribution in [0.5, 0.6) is 0 Å². The summed E-state index contributed by atoms with van der Waals surface area (Å²) in [5.74, 6) is 0.883. The van der Waals surface area contributed by atoms with E-state index in [9.17, 15) is 97.0 Å². The minimum absolute atomic E-state index is 0.0532. The Morgan fingerprint density at radius 1 is 0.375 bits per heavy atom. The van der Waals surface area contributed by atoms with Crippen molar-refractivity contribution in [3.63, 3.8) is 0 Å². The van der Waals surface area contributed by atoms with E-state index in [0.29, 0.717) is 31.3 Å². The van der Waals surface area contributed by atoms with E-state index in [1.54, 1.807) is 0 Å². The predicted molar refractivity (Wildman–Crippen MR) is 314 cm³/mol. The van der Waals surface area contributed by atoms with Crippen LogP contribution in [0.2, 0.25) is 0 Å². The van der Waals surface area contributed by atoms with Crippen LogP contribution >= 0.6 is 0 Å². The van der Waals surface area contributed by atoms with E-state index in [0.717, 1.165) is 44.9 Å². The molecule has 0 amide bonds. The SMILES string of the molecule is C[C@H]1CC[C@]2(OC1)O[C@@H]1[C@@H](O)[C@@H]3[C@H]4CC[C@@H]5C[C@@H](O[C@H]6O[C@@H](CO)[C@H](O[C@H]7O[C@@H](CO)[C@H](O)[C@@H](O[C@H]8O[C@@H](CO)[C@H](O[C@H]9O[C@@H](C)[C@H](O)[C@@H](O)[C@@H]9O)[C@@H](O)[C@@H]8O)[C@@H]7O[C@H]7O[C@@H](CO)[C@H](O)[C@@H](O[C@H]8O[C@@H](CO)[C@H](O)[C@@H](O)[C@@H]8O)[C@@H]7O)[C@@H](O)[C@@H]6O)CC[C@]5(C)[C@@H]4CC[C@@]3(C)[C@@H]1[C@H]2C. The van der Waals surface area contributed by atoms with Crippen LogP contribution in [0.15, 0.2) is 0 Å². The lowest BCUT2D eigenvalue weighted by molar-refractivity contribution is -0.414. The Hall–Kier alpha value is -1.32. The third-order valence-corrected chi connectivity index (χ3v) is 24.6. The van der Waals surface area contributed by atoms with Crippen molar-refractivity contribution in [2.75, 3.05) is 39.6 Å². The molecule has 8 heterocycles. The average molecular weight is 1390 g/mol. The van der Waals surface area contributed by atoms with E-state index in [4.69, 9.17) is 66.3 Å². The molecule has 0 unspecified atom stereocenters. The highest BCUT2D eigenvalue weighted by Gasteiger charge is 2.73. The maximum absolute atomic E-state index is 12.4. The molecule has 12 aliphatic rings. The largest absolute Gasteiger partial charge is 0.394 e. The minimum atomic E-state index is -2.29. The summed E-state index contributed by atoms with van der Waals surface area (Å²) >= 11 is 0. The normalized spacial score (nSPS) is 57.6. The van der Waals surface area contributed by atoms with Gasteiger partial charge in [-0.05, 0) is 98.7 Å². The summed E-state index contributed by atoms with van der Waals surface area (Å²) in [6.45, 7) is 6.20. The number of aliphatic hydroxyl groups is 19. The van der Waals surface area contributed by atoms with Crippen molar-refractivity contribution in [3.05, 3.63) is 0 Å². The number of aliphatic hydroxyl groups excluding tert-OH is 19. The van der Waals surface area contributed by atoms with Crippen molar-refractivity contribution in [2.45, 2.75) is 301 Å². The van der Waals surface area contributed by atoms with Crippen molar-refractivity contribution in [2.24, 2.45) is 52.3 Å². The summed E-state index contributed by atoms with van der Waals surface area (Å²) in [7, 11) is 0. The zero-order chi connectivity index (χ0) is 69.1. The second-order valence-corrected chi connectivity index (χ2v) is 30.0. The molecule has 4 saturated carbocycles. The Balaban J connectivity index is 0.765. The van der Waals surface area contributed by atoms with E-state index in [2.05, 4.69) is 27.7 Å². The summed E-state index contributed by atoms with van der Waals surface area (Å²) in [6, 6.07) is 0. The summed E-state index contributed by atoms with van der Waals surface area (Å²) in [6.07, 6.45) is -51.3. The molecule has 0 aromatic carbocycles. The maximum atomic E-state index is 12.4. The van der Waals surface area contributed by atoms with Crippen LogP contribution in [0.3, 0.4) is 0 Å². The maximum Gasteiger partial charge on any atom is 0.187 e. The van der Waals surface area contributed by atoms with Crippen LogP contribution in [0.1, 0.15) is 92.4 Å². The molecule has 8 aliphatic heterocycles. The van der Waals surface area contributed by atoms with Gasteiger partial charge in [-0.15, -0.1) is 0 Å². The van der Waals surface area contributed by atoms with Crippen LogP contribution in [-0.4, -0.2) is 345 Å². The molecule has 8 saturated heterocycles. The second-order valence-electron chi connectivity index (χ2n) is 30.0. The first-order valence-electron chi connectivity index (χ1n) is 34.3. The molecule has 0 bridgehead atoms. The zero-order valence-corrected chi connectivity index (χ0v) is 54.4. The second kappa shape index (κ2) is 29.3. The fourth-order valence-corrected chi connectivity index (χ4v) is 19.1. The molecule has 1 spiro atoms. The van der Waals surface area contributed by atoms with Crippen LogP contribution in [0, 0.1) is 52.3 Å².